The minimum atomic E-state index is -0.432. The van der Waals surface area contributed by atoms with Crippen LogP contribution < -0.4 is 5.32 Å². The molecule has 0 bridgehead atoms. The Morgan fingerprint density at radius 2 is 2.14 bits per heavy atom. The molecular weight excluding hydrogens is 315 g/mol. The molecule has 114 valence electrons. The molecule has 0 saturated carbocycles. The van der Waals surface area contributed by atoms with Gasteiger partial charge in [-0.25, -0.2) is 0 Å². The zero-order valence-electron chi connectivity index (χ0n) is 11.5. The van der Waals surface area contributed by atoms with Crippen molar-refractivity contribution in [2.75, 3.05) is 19.6 Å². The Hall–Kier alpha value is -1.46. The Morgan fingerprint density at radius 1 is 1.43 bits per heavy atom. The number of nitrogens with zero attached hydrogens (tertiary/aromatic N) is 1. The number of nitrogens with one attached hydrogen (secondary N) is 1. The van der Waals surface area contributed by atoms with Gasteiger partial charge in [-0.15, -0.1) is 0 Å². The Balaban J connectivity index is 1.96. The third-order valence-electron chi connectivity index (χ3n) is 3.56. The van der Waals surface area contributed by atoms with Gasteiger partial charge >= 0.3 is 0 Å². The summed E-state index contributed by atoms with van der Waals surface area (Å²) < 4.78 is 0. The topological polar surface area (TPSA) is 69.6 Å². The molecule has 1 saturated heterocycles. The van der Waals surface area contributed by atoms with Crippen molar-refractivity contribution >= 4 is 35.0 Å². The van der Waals surface area contributed by atoms with Crippen molar-refractivity contribution in [2.45, 2.75) is 13.3 Å². The summed E-state index contributed by atoms with van der Waals surface area (Å²) in [7, 11) is 0. The number of aromatic hydroxyl groups is 1. The number of likely N-dealkylation sites (tertiary alicyclic amines) is 1. The largest absolute Gasteiger partial charge is 0.506 e. The van der Waals surface area contributed by atoms with Crippen LogP contribution in [0.4, 0.5) is 0 Å². The van der Waals surface area contributed by atoms with E-state index in [1.165, 1.54) is 19.1 Å². The van der Waals surface area contributed by atoms with Crippen LogP contribution in [0.15, 0.2) is 12.1 Å². The summed E-state index contributed by atoms with van der Waals surface area (Å²) in [6.45, 7) is 3.32. The quantitative estimate of drug-likeness (QED) is 0.893. The van der Waals surface area contributed by atoms with E-state index in [1.807, 2.05) is 0 Å². The van der Waals surface area contributed by atoms with E-state index >= 15 is 0 Å². The molecule has 21 heavy (non-hydrogen) atoms. The number of phenolic OH excluding ortho intramolecular Hbond substituents is 1. The number of benzene rings is 1. The highest BCUT2D eigenvalue weighted by atomic mass is 35.5. The number of phenols is 1. The van der Waals surface area contributed by atoms with Gasteiger partial charge < -0.3 is 15.3 Å². The summed E-state index contributed by atoms with van der Waals surface area (Å²) in [5.41, 5.74) is 0.0499. The first-order valence-electron chi connectivity index (χ1n) is 6.60. The molecule has 1 aromatic rings. The predicted molar refractivity (Wildman–Crippen MR) is 80.8 cm³/mol. The Bertz CT molecular complexity index is 578. The van der Waals surface area contributed by atoms with Gasteiger partial charge in [0.05, 0.1) is 10.6 Å². The summed E-state index contributed by atoms with van der Waals surface area (Å²) in [6, 6.07) is 2.74. The van der Waals surface area contributed by atoms with Crippen LogP contribution in [0.1, 0.15) is 23.7 Å². The lowest BCUT2D eigenvalue weighted by Crippen LogP contribution is -2.32. The van der Waals surface area contributed by atoms with Crippen LogP contribution >= 0.6 is 23.2 Å². The maximum Gasteiger partial charge on any atom is 0.255 e. The summed E-state index contributed by atoms with van der Waals surface area (Å²) in [6.07, 6.45) is 0.849. The van der Waals surface area contributed by atoms with Crippen molar-refractivity contribution in [1.29, 1.82) is 0 Å². The second kappa shape index (κ2) is 6.54. The fourth-order valence-corrected chi connectivity index (χ4v) is 2.85. The summed E-state index contributed by atoms with van der Waals surface area (Å²) in [4.78, 5) is 25.1. The zero-order chi connectivity index (χ0) is 15.6. The Morgan fingerprint density at radius 3 is 2.76 bits per heavy atom. The van der Waals surface area contributed by atoms with E-state index < -0.39 is 5.91 Å². The maximum absolute atomic E-state index is 12.1. The molecule has 0 aliphatic carbocycles. The molecule has 2 rings (SSSR count). The van der Waals surface area contributed by atoms with Gasteiger partial charge in [0, 0.05) is 31.6 Å². The van der Waals surface area contributed by atoms with Gasteiger partial charge in [-0.3, -0.25) is 9.59 Å². The molecule has 1 atom stereocenters. The smallest absolute Gasteiger partial charge is 0.255 e. The van der Waals surface area contributed by atoms with Gasteiger partial charge in [0.1, 0.15) is 5.75 Å². The lowest BCUT2D eigenvalue weighted by molar-refractivity contribution is -0.127. The van der Waals surface area contributed by atoms with Gasteiger partial charge in [-0.2, -0.15) is 0 Å². The number of halogens is 2. The number of amides is 2. The van der Waals surface area contributed by atoms with Crippen molar-refractivity contribution in [2.24, 2.45) is 5.92 Å². The van der Waals surface area contributed by atoms with E-state index in [0.29, 0.717) is 19.6 Å². The first-order chi connectivity index (χ1) is 9.88. The number of rotatable bonds is 3. The predicted octanol–water partition coefficient (Wildman–Crippen LogP) is 2.30. The van der Waals surface area contributed by atoms with Gasteiger partial charge in [-0.05, 0) is 24.5 Å². The van der Waals surface area contributed by atoms with E-state index in [2.05, 4.69) is 5.32 Å². The third-order valence-corrected chi connectivity index (χ3v) is 4.06. The van der Waals surface area contributed by atoms with E-state index in [9.17, 15) is 14.7 Å². The van der Waals surface area contributed by atoms with Crippen molar-refractivity contribution in [3.8, 4) is 5.75 Å². The number of hydrogen-bond donors (Lipinski definition) is 2. The molecule has 1 fully saturated rings. The molecule has 2 N–H and O–H groups in total. The lowest BCUT2D eigenvalue weighted by atomic mass is 10.1. The van der Waals surface area contributed by atoms with Crippen molar-refractivity contribution in [3.05, 3.63) is 27.7 Å². The lowest BCUT2D eigenvalue weighted by Gasteiger charge is -2.15. The van der Waals surface area contributed by atoms with Crippen LogP contribution in [0.25, 0.3) is 0 Å². The molecule has 7 heteroatoms. The SMILES string of the molecule is CC(=O)N1CCC(CNC(=O)c2cc(Cl)cc(Cl)c2O)C1. The normalized spacial score (nSPS) is 17.9. The standard InChI is InChI=1S/C14H16Cl2N2O3/c1-8(19)18-3-2-9(7-18)6-17-14(21)11-4-10(15)5-12(16)13(11)20/h4-5,9,20H,2-3,6-7H2,1H3,(H,17,21). The first-order valence-corrected chi connectivity index (χ1v) is 7.35. The molecule has 0 spiro atoms. The minimum Gasteiger partial charge on any atom is -0.506 e. The fourth-order valence-electron chi connectivity index (χ4n) is 2.36. The van der Waals surface area contributed by atoms with E-state index in [1.54, 1.807) is 4.90 Å². The highest BCUT2D eigenvalue weighted by molar-refractivity contribution is 6.36. The molecule has 1 aliphatic rings. The average Bonchev–Trinajstić information content (AvgIpc) is 2.89. The van der Waals surface area contributed by atoms with Crippen LogP contribution in [0, 0.1) is 5.92 Å². The molecule has 2 amide bonds. The molecule has 5 nitrogen and oxygen atoms in total. The van der Waals surface area contributed by atoms with Gasteiger partial charge in [-0.1, -0.05) is 23.2 Å². The van der Waals surface area contributed by atoms with Crippen LogP contribution in [0.2, 0.25) is 10.0 Å². The second-order valence-electron chi connectivity index (χ2n) is 5.11. The molecule has 1 heterocycles. The maximum atomic E-state index is 12.1. The number of hydrogen-bond acceptors (Lipinski definition) is 3. The minimum absolute atomic E-state index is 0.0382. The molecule has 1 unspecified atom stereocenters. The molecular formula is C14H16Cl2N2O3. The Kier molecular flexibility index (Phi) is 4.96. The second-order valence-corrected chi connectivity index (χ2v) is 5.96. The van der Waals surface area contributed by atoms with Crippen LogP contribution in [0.5, 0.6) is 5.75 Å². The number of carbonyl (C=O) groups excluding carboxylic acids is 2. The highest BCUT2D eigenvalue weighted by Crippen LogP contribution is 2.31. The van der Waals surface area contributed by atoms with Crippen LogP contribution in [-0.4, -0.2) is 41.5 Å². The van der Waals surface area contributed by atoms with E-state index in [4.69, 9.17) is 23.2 Å². The van der Waals surface area contributed by atoms with Crippen molar-refractivity contribution in [1.82, 2.24) is 10.2 Å². The summed E-state index contributed by atoms with van der Waals surface area (Å²) in [5, 5.41) is 12.9. The Labute approximate surface area is 132 Å². The van der Waals surface area contributed by atoms with Crippen LogP contribution in [-0.2, 0) is 4.79 Å². The molecule has 0 radical (unpaired) electrons. The van der Waals surface area contributed by atoms with Gasteiger partial charge in [0.25, 0.3) is 5.91 Å². The van der Waals surface area contributed by atoms with Crippen LogP contribution in [0.3, 0.4) is 0 Å². The highest BCUT2D eigenvalue weighted by Gasteiger charge is 2.25. The van der Waals surface area contributed by atoms with Crippen molar-refractivity contribution < 1.29 is 14.7 Å². The third kappa shape index (κ3) is 3.80. The fraction of sp³-hybridized carbons (Fsp3) is 0.429. The van der Waals surface area contributed by atoms with Gasteiger partial charge in [0.15, 0.2) is 0 Å². The summed E-state index contributed by atoms with van der Waals surface area (Å²) >= 11 is 11.6. The first kappa shape index (κ1) is 15.9. The number of carbonyl (C=O) groups is 2. The van der Waals surface area contributed by atoms with E-state index in [0.717, 1.165) is 6.42 Å². The zero-order valence-corrected chi connectivity index (χ0v) is 13.0. The average molecular weight is 331 g/mol. The summed E-state index contributed by atoms with van der Waals surface area (Å²) in [5.74, 6) is -0.453. The molecule has 1 aromatic carbocycles. The van der Waals surface area contributed by atoms with Gasteiger partial charge in [0.2, 0.25) is 5.91 Å². The van der Waals surface area contributed by atoms with E-state index in [-0.39, 0.29) is 33.2 Å². The molecule has 1 aliphatic heterocycles. The molecule has 0 aromatic heterocycles. The monoisotopic (exact) mass is 330 g/mol. The van der Waals surface area contributed by atoms with Crippen molar-refractivity contribution in [3.63, 3.8) is 0 Å².